The Morgan fingerprint density at radius 1 is 1.25 bits per heavy atom. The van der Waals surface area contributed by atoms with Gasteiger partial charge in [-0.25, -0.2) is 0 Å². The van der Waals surface area contributed by atoms with E-state index in [1.165, 1.54) is 4.31 Å². The van der Waals surface area contributed by atoms with Crippen molar-refractivity contribution in [2.45, 2.75) is 25.9 Å². The second-order valence-electron chi connectivity index (χ2n) is 6.58. The predicted octanol–water partition coefficient (Wildman–Crippen LogP) is 2.44. The van der Waals surface area contributed by atoms with Crippen molar-refractivity contribution in [3.05, 3.63) is 48.0 Å². The molecule has 0 radical (unpaired) electrons. The molecule has 1 aliphatic heterocycles. The lowest BCUT2D eigenvalue weighted by Crippen LogP contribution is -2.46. The molecule has 0 bridgehead atoms. The van der Waals surface area contributed by atoms with Crippen molar-refractivity contribution in [1.82, 2.24) is 9.03 Å². The van der Waals surface area contributed by atoms with Crippen LogP contribution in [0.5, 0.6) is 0 Å². The largest absolute Gasteiger partial charge is 0.387 e. The van der Waals surface area contributed by atoms with Gasteiger partial charge in [-0.1, -0.05) is 43.3 Å². The minimum Gasteiger partial charge on any atom is -0.387 e. The van der Waals surface area contributed by atoms with Gasteiger partial charge in [-0.2, -0.15) is 17.4 Å². The van der Waals surface area contributed by atoms with Gasteiger partial charge in [0.2, 0.25) is 0 Å². The fourth-order valence-electron chi connectivity index (χ4n) is 3.17. The average Bonchev–Trinajstić information content (AvgIpc) is 2.59. The molecule has 2 N–H and O–H groups in total. The van der Waals surface area contributed by atoms with Crippen molar-refractivity contribution >= 4 is 21.0 Å². The standard InChI is InChI=1S/C18H24N2O3S/c1-14-5-4-10-20(13-14)24(22,23)19-12-18(21)17-9-8-15-6-2-3-7-16(15)11-17/h2-3,6-9,11,14,18-19,21H,4-5,10,12-13H2,1H3. The van der Waals surface area contributed by atoms with E-state index in [1.54, 1.807) is 0 Å². The SMILES string of the molecule is CC1CCCN(S(=O)(=O)NCC(O)c2ccc3ccccc3c2)C1. The molecule has 6 heteroatoms. The van der Waals surface area contributed by atoms with Crippen molar-refractivity contribution in [3.8, 4) is 0 Å². The van der Waals surface area contributed by atoms with E-state index >= 15 is 0 Å². The second kappa shape index (κ2) is 7.19. The molecule has 2 unspecified atom stereocenters. The van der Waals surface area contributed by atoms with E-state index in [2.05, 4.69) is 11.6 Å². The quantitative estimate of drug-likeness (QED) is 0.872. The summed E-state index contributed by atoms with van der Waals surface area (Å²) in [6.45, 7) is 3.13. The number of aliphatic hydroxyl groups is 1. The lowest BCUT2D eigenvalue weighted by molar-refractivity contribution is 0.180. The zero-order valence-electron chi connectivity index (χ0n) is 13.9. The molecule has 2 aromatic carbocycles. The first kappa shape index (κ1) is 17.4. The molecule has 24 heavy (non-hydrogen) atoms. The summed E-state index contributed by atoms with van der Waals surface area (Å²) in [4.78, 5) is 0. The van der Waals surface area contributed by atoms with Gasteiger partial charge in [0.05, 0.1) is 6.10 Å². The van der Waals surface area contributed by atoms with Crippen molar-refractivity contribution in [3.63, 3.8) is 0 Å². The molecule has 0 aliphatic carbocycles. The highest BCUT2D eigenvalue weighted by Gasteiger charge is 2.27. The second-order valence-corrected chi connectivity index (χ2v) is 8.34. The Hall–Kier alpha value is -1.47. The maximum Gasteiger partial charge on any atom is 0.279 e. The predicted molar refractivity (Wildman–Crippen MR) is 95.8 cm³/mol. The fourth-order valence-corrected chi connectivity index (χ4v) is 4.54. The number of hydrogen-bond acceptors (Lipinski definition) is 3. The van der Waals surface area contributed by atoms with Crippen LogP contribution >= 0.6 is 0 Å². The first-order valence-electron chi connectivity index (χ1n) is 8.37. The third-order valence-corrected chi connectivity index (χ3v) is 6.12. The van der Waals surface area contributed by atoms with Gasteiger partial charge in [-0.15, -0.1) is 0 Å². The van der Waals surface area contributed by atoms with E-state index in [4.69, 9.17) is 0 Å². The highest BCUT2D eigenvalue weighted by Crippen LogP contribution is 2.21. The summed E-state index contributed by atoms with van der Waals surface area (Å²) in [6.07, 6.45) is 1.08. The Labute approximate surface area is 143 Å². The lowest BCUT2D eigenvalue weighted by atomic mass is 10.0. The number of aliphatic hydroxyl groups excluding tert-OH is 1. The molecule has 5 nitrogen and oxygen atoms in total. The smallest absolute Gasteiger partial charge is 0.279 e. The molecule has 0 saturated carbocycles. The Balaban J connectivity index is 1.66. The lowest BCUT2D eigenvalue weighted by Gasteiger charge is -2.30. The number of nitrogens with zero attached hydrogens (tertiary/aromatic N) is 1. The van der Waals surface area contributed by atoms with Crippen LogP contribution in [-0.4, -0.2) is 37.5 Å². The van der Waals surface area contributed by atoms with Crippen LogP contribution in [0.1, 0.15) is 31.4 Å². The minimum absolute atomic E-state index is 0.0223. The average molecular weight is 348 g/mol. The first-order chi connectivity index (χ1) is 11.5. The van der Waals surface area contributed by atoms with Gasteiger partial charge in [0.1, 0.15) is 0 Å². The Morgan fingerprint density at radius 2 is 2.00 bits per heavy atom. The van der Waals surface area contributed by atoms with Gasteiger partial charge >= 0.3 is 0 Å². The summed E-state index contributed by atoms with van der Waals surface area (Å²) in [6, 6.07) is 13.6. The summed E-state index contributed by atoms with van der Waals surface area (Å²) >= 11 is 0. The van der Waals surface area contributed by atoms with E-state index < -0.39 is 16.3 Å². The van der Waals surface area contributed by atoms with Crippen LogP contribution in [0.3, 0.4) is 0 Å². The zero-order valence-corrected chi connectivity index (χ0v) is 14.7. The first-order valence-corrected chi connectivity index (χ1v) is 9.81. The molecule has 0 amide bonds. The summed E-state index contributed by atoms with van der Waals surface area (Å²) in [7, 11) is -3.54. The van der Waals surface area contributed by atoms with Crippen LogP contribution in [0.25, 0.3) is 10.8 Å². The number of nitrogens with one attached hydrogen (secondary N) is 1. The number of fused-ring (bicyclic) bond motifs is 1. The van der Waals surface area contributed by atoms with Gasteiger partial charge < -0.3 is 5.11 Å². The molecule has 1 aliphatic rings. The number of piperidine rings is 1. The normalized spacial score (nSPS) is 21.0. The highest BCUT2D eigenvalue weighted by atomic mass is 32.2. The van der Waals surface area contributed by atoms with Gasteiger partial charge in [0.15, 0.2) is 0 Å². The van der Waals surface area contributed by atoms with Gasteiger partial charge in [0.25, 0.3) is 10.2 Å². The van der Waals surface area contributed by atoms with Gasteiger partial charge in [-0.05, 0) is 41.2 Å². The molecule has 1 saturated heterocycles. The maximum atomic E-state index is 12.4. The van der Waals surface area contributed by atoms with Crippen molar-refractivity contribution in [1.29, 1.82) is 0 Å². The molecule has 130 valence electrons. The molecular weight excluding hydrogens is 324 g/mol. The van der Waals surface area contributed by atoms with E-state index in [0.717, 1.165) is 23.6 Å². The van der Waals surface area contributed by atoms with Gasteiger partial charge in [0, 0.05) is 19.6 Å². The molecule has 2 atom stereocenters. The number of rotatable bonds is 5. The van der Waals surface area contributed by atoms with Crippen molar-refractivity contribution in [2.24, 2.45) is 5.92 Å². The van der Waals surface area contributed by atoms with Crippen LogP contribution in [0.15, 0.2) is 42.5 Å². The Bertz CT molecular complexity index is 807. The molecule has 2 aromatic rings. The topological polar surface area (TPSA) is 69.6 Å². The van der Waals surface area contributed by atoms with Crippen molar-refractivity contribution in [2.75, 3.05) is 19.6 Å². The summed E-state index contributed by atoms with van der Waals surface area (Å²) in [5.74, 6) is 0.376. The Morgan fingerprint density at radius 3 is 2.75 bits per heavy atom. The van der Waals surface area contributed by atoms with Crippen LogP contribution in [-0.2, 0) is 10.2 Å². The monoisotopic (exact) mass is 348 g/mol. The molecule has 3 rings (SSSR count). The van der Waals surface area contributed by atoms with Gasteiger partial charge in [-0.3, -0.25) is 0 Å². The molecule has 0 aromatic heterocycles. The van der Waals surface area contributed by atoms with E-state index in [-0.39, 0.29) is 6.54 Å². The summed E-state index contributed by atoms with van der Waals surface area (Å²) in [5, 5.41) is 12.5. The molecular formula is C18H24N2O3S. The third-order valence-electron chi connectivity index (χ3n) is 4.58. The highest BCUT2D eigenvalue weighted by molar-refractivity contribution is 7.87. The molecule has 1 fully saturated rings. The van der Waals surface area contributed by atoms with Crippen LogP contribution in [0, 0.1) is 5.92 Å². The molecule has 0 spiro atoms. The van der Waals surface area contributed by atoms with Crippen molar-refractivity contribution < 1.29 is 13.5 Å². The number of benzene rings is 2. The van der Waals surface area contributed by atoms with E-state index in [9.17, 15) is 13.5 Å². The number of hydrogen-bond donors (Lipinski definition) is 2. The van der Waals surface area contributed by atoms with Crippen LogP contribution in [0.4, 0.5) is 0 Å². The van der Waals surface area contributed by atoms with E-state index in [1.807, 2.05) is 42.5 Å². The summed E-state index contributed by atoms with van der Waals surface area (Å²) < 4.78 is 28.8. The molecule has 1 heterocycles. The van der Waals surface area contributed by atoms with Crippen LogP contribution in [0.2, 0.25) is 0 Å². The Kier molecular flexibility index (Phi) is 5.20. The van der Waals surface area contributed by atoms with Crippen LogP contribution < -0.4 is 4.72 Å². The zero-order chi connectivity index (χ0) is 17.2. The maximum absolute atomic E-state index is 12.4. The third kappa shape index (κ3) is 3.95. The summed E-state index contributed by atoms with van der Waals surface area (Å²) in [5.41, 5.74) is 0.711. The van der Waals surface area contributed by atoms with E-state index in [0.29, 0.717) is 24.6 Å². The minimum atomic E-state index is -3.54. The fraction of sp³-hybridized carbons (Fsp3) is 0.444.